The van der Waals surface area contributed by atoms with Crippen molar-refractivity contribution in [1.82, 2.24) is 19.1 Å². The van der Waals surface area contributed by atoms with E-state index < -0.39 is 0 Å². The van der Waals surface area contributed by atoms with Gasteiger partial charge in [0.1, 0.15) is 11.3 Å². The summed E-state index contributed by atoms with van der Waals surface area (Å²) in [7, 11) is 0. The fraction of sp³-hybridized carbons (Fsp3) is 0.750. The summed E-state index contributed by atoms with van der Waals surface area (Å²) < 4.78 is 2.98. The Bertz CT molecular complexity index is 1000. The van der Waals surface area contributed by atoms with Crippen LogP contribution in [0.2, 0.25) is 0 Å². The highest BCUT2D eigenvalue weighted by Gasteiger charge is 2.64. The van der Waals surface area contributed by atoms with Gasteiger partial charge in [-0.1, -0.05) is 13.8 Å². The Balaban J connectivity index is 1.68. The van der Waals surface area contributed by atoms with Crippen molar-refractivity contribution in [2.24, 2.45) is 23.7 Å². The van der Waals surface area contributed by atoms with E-state index in [-0.39, 0.29) is 29.2 Å². The lowest BCUT2D eigenvalue weighted by Gasteiger charge is -2.35. The smallest absolute Gasteiger partial charge is 0.332 e. The molecule has 5 rings (SSSR count). The Labute approximate surface area is 157 Å². The largest absolute Gasteiger partial charge is 0.393 e. The van der Waals surface area contributed by atoms with Crippen molar-refractivity contribution in [2.45, 2.75) is 71.1 Å². The van der Waals surface area contributed by atoms with Gasteiger partial charge in [0.15, 0.2) is 5.65 Å². The lowest BCUT2D eigenvalue weighted by molar-refractivity contribution is 0.0421. The molecule has 2 N–H and O–H groups in total. The number of aliphatic hydroxyl groups excluding tert-OH is 1. The standard InChI is InChI=1S/C20H28N4O3/c1-3-7-23-18-16(19(26)24(8-4-2)20(23)27)21-17(22-18)15-11-6-5-10-12(14(10)15)9-13(11)25/h10-15,25H,3-9H2,1-2H3,(H,21,22). The number of aromatic nitrogens is 4. The van der Waals surface area contributed by atoms with Gasteiger partial charge >= 0.3 is 5.69 Å². The molecule has 2 heterocycles. The van der Waals surface area contributed by atoms with Gasteiger partial charge in [-0.05, 0) is 55.8 Å². The summed E-state index contributed by atoms with van der Waals surface area (Å²) in [6.07, 6.45) is 4.42. The molecule has 3 aliphatic rings. The molecule has 0 aromatic carbocycles. The van der Waals surface area contributed by atoms with Crippen molar-refractivity contribution in [1.29, 1.82) is 0 Å². The lowest BCUT2D eigenvalue weighted by atomic mass is 9.72. The van der Waals surface area contributed by atoms with Gasteiger partial charge in [0.2, 0.25) is 0 Å². The molecule has 3 saturated carbocycles. The van der Waals surface area contributed by atoms with Gasteiger partial charge in [0.05, 0.1) is 6.10 Å². The molecular weight excluding hydrogens is 344 g/mol. The number of aliphatic hydroxyl groups is 1. The van der Waals surface area contributed by atoms with Crippen LogP contribution in [0.4, 0.5) is 0 Å². The maximum Gasteiger partial charge on any atom is 0.332 e. The number of fused-ring (bicyclic) bond motifs is 3. The average Bonchev–Trinajstić information content (AvgIpc) is 3.23. The van der Waals surface area contributed by atoms with Crippen molar-refractivity contribution < 1.29 is 5.11 Å². The molecule has 2 aromatic heterocycles. The van der Waals surface area contributed by atoms with Gasteiger partial charge in [0, 0.05) is 19.0 Å². The van der Waals surface area contributed by atoms with Crippen LogP contribution in [0.25, 0.3) is 11.2 Å². The molecule has 3 fully saturated rings. The van der Waals surface area contributed by atoms with E-state index in [1.165, 1.54) is 11.0 Å². The number of nitrogens with zero attached hydrogens (tertiary/aromatic N) is 3. The second kappa shape index (κ2) is 6.06. The number of imidazole rings is 1. The van der Waals surface area contributed by atoms with Gasteiger partial charge in [-0.15, -0.1) is 0 Å². The van der Waals surface area contributed by atoms with Crippen LogP contribution < -0.4 is 11.2 Å². The predicted molar refractivity (Wildman–Crippen MR) is 102 cm³/mol. The van der Waals surface area contributed by atoms with Crippen LogP contribution in [-0.2, 0) is 13.1 Å². The highest BCUT2D eigenvalue weighted by atomic mass is 16.3. The number of H-pyrrole nitrogens is 1. The summed E-state index contributed by atoms with van der Waals surface area (Å²) in [5, 5.41) is 10.6. The Hall–Kier alpha value is -1.89. The molecule has 2 aromatic rings. The molecule has 0 radical (unpaired) electrons. The van der Waals surface area contributed by atoms with E-state index >= 15 is 0 Å². The summed E-state index contributed by atoms with van der Waals surface area (Å²) in [6.45, 7) is 4.95. The minimum atomic E-state index is -0.272. The first kappa shape index (κ1) is 17.2. The minimum Gasteiger partial charge on any atom is -0.393 e. The minimum absolute atomic E-state index is 0.189. The Morgan fingerprint density at radius 3 is 2.52 bits per heavy atom. The first-order valence-electron chi connectivity index (χ1n) is 10.5. The summed E-state index contributed by atoms with van der Waals surface area (Å²) in [4.78, 5) is 33.9. The first-order valence-corrected chi connectivity index (χ1v) is 10.5. The van der Waals surface area contributed by atoms with Gasteiger partial charge in [-0.3, -0.25) is 13.9 Å². The number of nitrogens with one attached hydrogen (secondary N) is 1. The van der Waals surface area contributed by atoms with Crippen LogP contribution in [-0.4, -0.2) is 30.3 Å². The van der Waals surface area contributed by atoms with Crippen molar-refractivity contribution >= 4 is 11.2 Å². The van der Waals surface area contributed by atoms with Gasteiger partial charge < -0.3 is 10.1 Å². The van der Waals surface area contributed by atoms with Gasteiger partial charge in [-0.25, -0.2) is 9.78 Å². The topological polar surface area (TPSA) is 92.9 Å². The highest BCUT2D eigenvalue weighted by molar-refractivity contribution is 5.70. The molecule has 7 heteroatoms. The fourth-order valence-corrected chi connectivity index (χ4v) is 6.05. The van der Waals surface area contributed by atoms with Crippen LogP contribution in [0.5, 0.6) is 0 Å². The third-order valence-corrected chi connectivity index (χ3v) is 7.20. The number of hydrogen-bond donors (Lipinski definition) is 2. The molecule has 0 saturated heterocycles. The monoisotopic (exact) mass is 372 g/mol. The number of aryl methyl sites for hydroxylation is 1. The van der Waals surface area contributed by atoms with Crippen LogP contribution >= 0.6 is 0 Å². The first-order chi connectivity index (χ1) is 13.1. The molecule has 0 spiro atoms. The third-order valence-electron chi connectivity index (χ3n) is 7.20. The summed E-state index contributed by atoms with van der Waals surface area (Å²) >= 11 is 0. The molecule has 3 aliphatic carbocycles. The van der Waals surface area contributed by atoms with E-state index in [0.29, 0.717) is 42.0 Å². The lowest BCUT2D eigenvalue weighted by Crippen LogP contribution is -2.40. The van der Waals surface area contributed by atoms with Crippen molar-refractivity contribution in [3.8, 4) is 0 Å². The maximum absolute atomic E-state index is 12.9. The Morgan fingerprint density at radius 2 is 1.78 bits per heavy atom. The molecule has 27 heavy (non-hydrogen) atoms. The van der Waals surface area contributed by atoms with Gasteiger partial charge in [-0.2, -0.15) is 0 Å². The summed E-state index contributed by atoms with van der Waals surface area (Å²) in [5.74, 6) is 3.10. The van der Waals surface area contributed by atoms with Crippen LogP contribution in [0.15, 0.2) is 9.59 Å². The third kappa shape index (κ3) is 2.33. The van der Waals surface area contributed by atoms with Crippen LogP contribution in [0.1, 0.15) is 57.7 Å². The van der Waals surface area contributed by atoms with E-state index in [4.69, 9.17) is 4.98 Å². The van der Waals surface area contributed by atoms with E-state index in [9.17, 15) is 14.7 Å². The van der Waals surface area contributed by atoms with Gasteiger partial charge in [0.25, 0.3) is 5.56 Å². The summed E-state index contributed by atoms with van der Waals surface area (Å²) in [5.41, 5.74) is 0.405. The zero-order chi connectivity index (χ0) is 18.9. The predicted octanol–water partition coefficient (Wildman–Crippen LogP) is 1.83. The average molecular weight is 372 g/mol. The SMILES string of the molecule is CCCn1c(=O)c2[nH]c(C3C4CCC5C(CC4O)C53)nc2n(CCC)c1=O. The van der Waals surface area contributed by atoms with Crippen molar-refractivity contribution in [3.63, 3.8) is 0 Å². The normalized spacial score (nSPS) is 34.2. The number of aromatic amines is 1. The number of hydrogen-bond acceptors (Lipinski definition) is 4. The Kier molecular flexibility index (Phi) is 3.86. The van der Waals surface area contributed by atoms with E-state index in [2.05, 4.69) is 4.98 Å². The quantitative estimate of drug-likeness (QED) is 0.837. The zero-order valence-corrected chi connectivity index (χ0v) is 16.0. The van der Waals surface area contributed by atoms with E-state index in [1.54, 1.807) is 4.57 Å². The fourth-order valence-electron chi connectivity index (χ4n) is 6.05. The molecule has 2 bridgehead atoms. The molecule has 0 aliphatic heterocycles. The summed E-state index contributed by atoms with van der Waals surface area (Å²) in [6, 6.07) is 0. The van der Waals surface area contributed by atoms with E-state index in [0.717, 1.165) is 31.5 Å². The molecule has 6 atom stereocenters. The Morgan fingerprint density at radius 1 is 1.07 bits per heavy atom. The second-order valence-corrected chi connectivity index (χ2v) is 8.69. The van der Waals surface area contributed by atoms with Crippen LogP contribution in [0, 0.1) is 23.7 Å². The molecule has 146 valence electrons. The zero-order valence-electron chi connectivity index (χ0n) is 16.0. The van der Waals surface area contributed by atoms with Crippen molar-refractivity contribution in [3.05, 3.63) is 26.7 Å². The molecule has 7 nitrogen and oxygen atoms in total. The molecule has 0 amide bonds. The van der Waals surface area contributed by atoms with E-state index in [1.807, 2.05) is 13.8 Å². The second-order valence-electron chi connectivity index (χ2n) is 8.69. The molecule has 6 unspecified atom stereocenters. The maximum atomic E-state index is 12.9. The highest BCUT2D eigenvalue weighted by Crippen LogP contribution is 2.68. The number of rotatable bonds is 5. The van der Waals surface area contributed by atoms with Crippen molar-refractivity contribution in [2.75, 3.05) is 0 Å². The molecular formula is C20H28N4O3. The van der Waals surface area contributed by atoms with Crippen LogP contribution in [0.3, 0.4) is 0 Å².